The lowest BCUT2D eigenvalue weighted by molar-refractivity contribution is 0.155. The molecule has 102 valence electrons. The van der Waals surface area contributed by atoms with Gasteiger partial charge in [-0.2, -0.15) is 0 Å². The summed E-state index contributed by atoms with van der Waals surface area (Å²) in [5.41, 5.74) is 0.988. The maximum absolute atomic E-state index is 5.20. The molecule has 1 atom stereocenters. The molecule has 1 unspecified atom stereocenters. The number of hydrogen-bond donors (Lipinski definition) is 1. The van der Waals surface area contributed by atoms with E-state index in [9.17, 15) is 0 Å². The van der Waals surface area contributed by atoms with Gasteiger partial charge in [0.05, 0.1) is 5.69 Å². The van der Waals surface area contributed by atoms with Crippen molar-refractivity contribution in [1.82, 2.24) is 15.4 Å². The average molecular weight is 253 g/mol. The zero-order valence-corrected chi connectivity index (χ0v) is 11.3. The molecule has 5 nitrogen and oxygen atoms in total. The molecule has 1 aliphatic heterocycles. The van der Waals surface area contributed by atoms with Crippen LogP contribution in [0.1, 0.15) is 31.2 Å². The van der Waals surface area contributed by atoms with E-state index in [0.29, 0.717) is 12.6 Å². The fraction of sp³-hybridized carbons (Fsp3) is 0.769. The van der Waals surface area contributed by atoms with Crippen molar-refractivity contribution in [3.8, 4) is 0 Å². The monoisotopic (exact) mass is 253 g/mol. The summed E-state index contributed by atoms with van der Waals surface area (Å²) >= 11 is 0. The first-order valence-electron chi connectivity index (χ1n) is 6.71. The Bertz CT molecular complexity index is 348. The second-order valence-electron chi connectivity index (χ2n) is 4.84. The van der Waals surface area contributed by atoms with Crippen molar-refractivity contribution in [2.75, 3.05) is 26.7 Å². The molecule has 2 rings (SSSR count). The Kier molecular flexibility index (Phi) is 5.16. The van der Waals surface area contributed by atoms with Crippen LogP contribution < -0.4 is 5.32 Å². The second-order valence-corrected chi connectivity index (χ2v) is 4.84. The standard InChI is InChI=1S/C13H23N3O2/c1-3-16(8-11-5-4-6-14-11)9-12-7-13(10-17-2)18-15-12/h7,11,14H,3-6,8-10H2,1-2H3. The van der Waals surface area contributed by atoms with Gasteiger partial charge in [0.2, 0.25) is 0 Å². The van der Waals surface area contributed by atoms with Crippen LogP contribution in [0.4, 0.5) is 0 Å². The van der Waals surface area contributed by atoms with Crippen LogP contribution in [0, 0.1) is 0 Å². The molecule has 1 N–H and O–H groups in total. The van der Waals surface area contributed by atoms with Gasteiger partial charge in [0.1, 0.15) is 6.61 Å². The summed E-state index contributed by atoms with van der Waals surface area (Å²) in [5.74, 6) is 0.794. The molecule has 1 aromatic heterocycles. The summed E-state index contributed by atoms with van der Waals surface area (Å²) in [5, 5.41) is 7.61. The summed E-state index contributed by atoms with van der Waals surface area (Å²) in [6, 6.07) is 2.61. The van der Waals surface area contributed by atoms with Gasteiger partial charge in [0, 0.05) is 32.3 Å². The molecule has 18 heavy (non-hydrogen) atoms. The van der Waals surface area contributed by atoms with Crippen LogP contribution >= 0.6 is 0 Å². The molecular weight excluding hydrogens is 230 g/mol. The van der Waals surface area contributed by atoms with Crippen LogP contribution in [0.2, 0.25) is 0 Å². The smallest absolute Gasteiger partial charge is 0.162 e. The molecule has 2 heterocycles. The van der Waals surface area contributed by atoms with Gasteiger partial charge in [-0.1, -0.05) is 12.1 Å². The first-order valence-corrected chi connectivity index (χ1v) is 6.71. The highest BCUT2D eigenvalue weighted by atomic mass is 16.5. The van der Waals surface area contributed by atoms with Crippen LogP contribution in [0.5, 0.6) is 0 Å². The number of nitrogens with zero attached hydrogens (tertiary/aromatic N) is 2. The van der Waals surface area contributed by atoms with Crippen molar-refractivity contribution in [2.45, 2.75) is 39.0 Å². The van der Waals surface area contributed by atoms with Gasteiger partial charge in [-0.15, -0.1) is 0 Å². The summed E-state index contributed by atoms with van der Waals surface area (Å²) in [6.45, 7) is 6.80. The zero-order chi connectivity index (χ0) is 12.8. The predicted octanol–water partition coefficient (Wildman–Crippen LogP) is 1.39. The van der Waals surface area contributed by atoms with Crippen LogP contribution in [0.15, 0.2) is 10.6 Å². The normalized spacial score (nSPS) is 19.8. The minimum Gasteiger partial charge on any atom is -0.377 e. The molecule has 0 amide bonds. The van der Waals surface area contributed by atoms with E-state index >= 15 is 0 Å². The summed E-state index contributed by atoms with van der Waals surface area (Å²) < 4.78 is 10.2. The summed E-state index contributed by atoms with van der Waals surface area (Å²) in [4.78, 5) is 2.40. The molecule has 0 aliphatic carbocycles. The van der Waals surface area contributed by atoms with Gasteiger partial charge in [0.15, 0.2) is 5.76 Å². The molecule has 0 bridgehead atoms. The molecule has 0 saturated carbocycles. The lowest BCUT2D eigenvalue weighted by atomic mass is 10.2. The van der Waals surface area contributed by atoms with Crippen molar-refractivity contribution >= 4 is 0 Å². The van der Waals surface area contributed by atoms with Gasteiger partial charge < -0.3 is 14.6 Å². The van der Waals surface area contributed by atoms with E-state index in [-0.39, 0.29) is 0 Å². The largest absolute Gasteiger partial charge is 0.377 e. The average Bonchev–Trinajstić information content (AvgIpc) is 3.01. The first-order chi connectivity index (χ1) is 8.81. The fourth-order valence-electron chi connectivity index (χ4n) is 2.40. The molecule has 1 fully saturated rings. The van der Waals surface area contributed by atoms with E-state index in [2.05, 4.69) is 22.3 Å². The third-order valence-corrected chi connectivity index (χ3v) is 3.37. The van der Waals surface area contributed by atoms with Gasteiger partial charge >= 0.3 is 0 Å². The highest BCUT2D eigenvalue weighted by molar-refractivity contribution is 5.04. The molecule has 0 spiro atoms. The van der Waals surface area contributed by atoms with Crippen molar-refractivity contribution in [3.63, 3.8) is 0 Å². The summed E-state index contributed by atoms with van der Waals surface area (Å²) in [7, 11) is 1.66. The molecule has 1 aliphatic rings. The zero-order valence-electron chi connectivity index (χ0n) is 11.3. The summed E-state index contributed by atoms with van der Waals surface area (Å²) in [6.07, 6.45) is 2.58. The van der Waals surface area contributed by atoms with E-state index in [1.54, 1.807) is 7.11 Å². The molecule has 5 heteroatoms. The number of rotatable bonds is 7. The minimum absolute atomic E-state index is 0.489. The topological polar surface area (TPSA) is 50.5 Å². The lowest BCUT2D eigenvalue weighted by Crippen LogP contribution is -2.37. The predicted molar refractivity (Wildman–Crippen MR) is 69.2 cm³/mol. The molecule has 1 saturated heterocycles. The SMILES string of the molecule is CCN(Cc1cc(COC)on1)CC1CCCN1. The number of hydrogen-bond acceptors (Lipinski definition) is 5. The highest BCUT2D eigenvalue weighted by Crippen LogP contribution is 2.11. The van der Waals surface area contributed by atoms with E-state index in [1.807, 2.05) is 6.07 Å². The van der Waals surface area contributed by atoms with Crippen LogP contribution in [0.3, 0.4) is 0 Å². The Balaban J connectivity index is 1.83. The van der Waals surface area contributed by atoms with Crippen LogP contribution in [-0.4, -0.2) is 42.8 Å². The Morgan fingerprint density at radius 2 is 2.50 bits per heavy atom. The second kappa shape index (κ2) is 6.87. The Hall–Kier alpha value is -0.910. The maximum atomic E-state index is 5.20. The van der Waals surface area contributed by atoms with E-state index < -0.39 is 0 Å². The highest BCUT2D eigenvalue weighted by Gasteiger charge is 2.18. The van der Waals surface area contributed by atoms with Crippen LogP contribution in [-0.2, 0) is 17.9 Å². The third kappa shape index (κ3) is 3.80. The van der Waals surface area contributed by atoms with Crippen molar-refractivity contribution < 1.29 is 9.26 Å². The number of aromatic nitrogens is 1. The van der Waals surface area contributed by atoms with Crippen molar-refractivity contribution in [1.29, 1.82) is 0 Å². The van der Waals surface area contributed by atoms with E-state index in [0.717, 1.165) is 37.6 Å². The Morgan fingerprint density at radius 1 is 1.61 bits per heavy atom. The minimum atomic E-state index is 0.489. The fourth-order valence-corrected chi connectivity index (χ4v) is 2.40. The quantitative estimate of drug-likeness (QED) is 0.796. The molecular formula is C13H23N3O2. The van der Waals surface area contributed by atoms with Gasteiger partial charge in [0.25, 0.3) is 0 Å². The third-order valence-electron chi connectivity index (χ3n) is 3.37. The van der Waals surface area contributed by atoms with Gasteiger partial charge in [-0.05, 0) is 25.9 Å². The van der Waals surface area contributed by atoms with Crippen LogP contribution in [0.25, 0.3) is 0 Å². The number of methoxy groups -OCH3 is 1. The van der Waals surface area contributed by atoms with Crippen molar-refractivity contribution in [3.05, 3.63) is 17.5 Å². The number of nitrogens with one attached hydrogen (secondary N) is 1. The number of ether oxygens (including phenoxy) is 1. The Labute approximate surface area is 108 Å². The van der Waals surface area contributed by atoms with Gasteiger partial charge in [-0.3, -0.25) is 4.90 Å². The van der Waals surface area contributed by atoms with Gasteiger partial charge in [-0.25, -0.2) is 0 Å². The maximum Gasteiger partial charge on any atom is 0.162 e. The molecule has 0 radical (unpaired) electrons. The Morgan fingerprint density at radius 3 is 3.17 bits per heavy atom. The lowest BCUT2D eigenvalue weighted by Gasteiger charge is -2.22. The molecule has 1 aromatic rings. The van der Waals surface area contributed by atoms with Crippen molar-refractivity contribution in [2.24, 2.45) is 0 Å². The molecule has 0 aromatic carbocycles. The first kappa shape index (κ1) is 13.5. The van der Waals surface area contributed by atoms with E-state index in [4.69, 9.17) is 9.26 Å². The number of likely N-dealkylation sites (N-methyl/N-ethyl adjacent to an activating group) is 1. The van der Waals surface area contributed by atoms with E-state index in [1.165, 1.54) is 12.8 Å².